The first-order chi connectivity index (χ1) is 7.96. The molecular formula is C12H20N2O3. The summed E-state index contributed by atoms with van der Waals surface area (Å²) < 4.78 is 0. The Labute approximate surface area is 101 Å². The molecule has 4 N–H and O–H groups in total. The van der Waals surface area contributed by atoms with E-state index in [2.05, 4.69) is 5.32 Å². The molecule has 5 heteroatoms. The van der Waals surface area contributed by atoms with Crippen LogP contribution in [-0.4, -0.2) is 28.1 Å². The van der Waals surface area contributed by atoms with Crippen LogP contribution in [0, 0.1) is 0 Å². The van der Waals surface area contributed by atoms with Crippen molar-refractivity contribution in [2.75, 3.05) is 0 Å². The largest absolute Gasteiger partial charge is 0.481 e. The maximum absolute atomic E-state index is 12.1. The van der Waals surface area contributed by atoms with Gasteiger partial charge in [-0.15, -0.1) is 0 Å². The molecule has 96 valence electrons. The fourth-order valence-corrected chi connectivity index (χ4v) is 2.84. The third kappa shape index (κ3) is 2.44. The minimum Gasteiger partial charge on any atom is -0.481 e. The maximum Gasteiger partial charge on any atom is 0.305 e. The number of rotatable bonds is 4. The Bertz CT molecular complexity index is 331. The number of amides is 1. The van der Waals surface area contributed by atoms with Crippen molar-refractivity contribution in [1.29, 1.82) is 0 Å². The Kier molecular flexibility index (Phi) is 3.12. The third-order valence-electron chi connectivity index (χ3n) is 4.13. The number of carboxylic acid groups (broad SMARTS) is 1. The molecule has 0 aromatic carbocycles. The summed E-state index contributed by atoms with van der Waals surface area (Å²) in [5.74, 6) is -1.02. The summed E-state index contributed by atoms with van der Waals surface area (Å²) in [4.78, 5) is 23.0. The molecule has 0 bridgehead atoms. The second kappa shape index (κ2) is 4.29. The molecule has 2 fully saturated rings. The van der Waals surface area contributed by atoms with Crippen LogP contribution in [0.4, 0.5) is 0 Å². The molecule has 2 saturated carbocycles. The van der Waals surface area contributed by atoms with Gasteiger partial charge in [-0.2, -0.15) is 0 Å². The lowest BCUT2D eigenvalue weighted by molar-refractivity contribution is -0.139. The van der Waals surface area contributed by atoms with Gasteiger partial charge in [0, 0.05) is 0 Å². The van der Waals surface area contributed by atoms with Crippen LogP contribution in [0.1, 0.15) is 51.4 Å². The fourth-order valence-electron chi connectivity index (χ4n) is 2.84. The summed E-state index contributed by atoms with van der Waals surface area (Å²) in [5.41, 5.74) is 4.66. The molecule has 17 heavy (non-hydrogen) atoms. The summed E-state index contributed by atoms with van der Waals surface area (Å²) in [7, 11) is 0. The average Bonchev–Trinajstić information content (AvgIpc) is 2.61. The lowest BCUT2D eigenvalue weighted by Gasteiger charge is -2.40. The number of hydrogen-bond donors (Lipinski definition) is 3. The van der Waals surface area contributed by atoms with Gasteiger partial charge in [0.15, 0.2) is 0 Å². The van der Waals surface area contributed by atoms with Gasteiger partial charge in [0.2, 0.25) is 5.91 Å². The molecule has 0 radical (unpaired) electrons. The molecule has 5 nitrogen and oxygen atoms in total. The van der Waals surface area contributed by atoms with Gasteiger partial charge in [0.25, 0.3) is 0 Å². The molecular weight excluding hydrogens is 220 g/mol. The van der Waals surface area contributed by atoms with Crippen LogP contribution in [0.3, 0.4) is 0 Å². The highest BCUT2D eigenvalue weighted by atomic mass is 16.4. The smallest absolute Gasteiger partial charge is 0.305 e. The zero-order chi connectivity index (χ0) is 12.5. The van der Waals surface area contributed by atoms with E-state index in [9.17, 15) is 9.59 Å². The minimum absolute atomic E-state index is 0.00875. The van der Waals surface area contributed by atoms with Crippen LogP contribution >= 0.6 is 0 Å². The van der Waals surface area contributed by atoms with Crippen molar-refractivity contribution >= 4 is 11.9 Å². The Morgan fingerprint density at radius 1 is 1.12 bits per heavy atom. The van der Waals surface area contributed by atoms with Crippen molar-refractivity contribution in [3.8, 4) is 0 Å². The number of nitrogens with two attached hydrogens (primary N) is 1. The number of aliphatic carboxylic acids is 1. The lowest BCUT2D eigenvalue weighted by Crippen LogP contribution is -2.63. The second-order valence-corrected chi connectivity index (χ2v) is 5.52. The average molecular weight is 240 g/mol. The predicted octanol–water partition coefficient (Wildman–Crippen LogP) is 0.771. The van der Waals surface area contributed by atoms with Crippen LogP contribution in [0.2, 0.25) is 0 Å². The van der Waals surface area contributed by atoms with Gasteiger partial charge in [-0.1, -0.05) is 12.8 Å². The Morgan fingerprint density at radius 2 is 1.71 bits per heavy atom. The van der Waals surface area contributed by atoms with Crippen LogP contribution < -0.4 is 11.1 Å². The van der Waals surface area contributed by atoms with E-state index in [1.807, 2.05) is 0 Å². The summed E-state index contributed by atoms with van der Waals surface area (Å²) in [6.07, 6.45) is 5.87. The van der Waals surface area contributed by atoms with Gasteiger partial charge in [-0.25, -0.2) is 0 Å². The molecule has 2 aliphatic carbocycles. The van der Waals surface area contributed by atoms with Gasteiger partial charge < -0.3 is 16.2 Å². The zero-order valence-corrected chi connectivity index (χ0v) is 10.00. The molecule has 2 aliphatic rings. The Hall–Kier alpha value is -1.10. The predicted molar refractivity (Wildman–Crippen MR) is 62.4 cm³/mol. The standard InChI is InChI=1S/C12H20N2O3/c13-12(6-3-7-12)10(17)14-11(8-9(15)16)4-1-2-5-11/h1-8,13H2,(H,14,17)(H,15,16). The van der Waals surface area contributed by atoms with E-state index in [4.69, 9.17) is 10.8 Å². The molecule has 0 aliphatic heterocycles. The van der Waals surface area contributed by atoms with Crippen molar-refractivity contribution in [2.45, 2.75) is 62.4 Å². The SMILES string of the molecule is NC1(C(=O)NC2(CC(=O)O)CCCC2)CCC1. The molecule has 0 heterocycles. The van der Waals surface area contributed by atoms with Crippen molar-refractivity contribution in [3.05, 3.63) is 0 Å². The molecule has 2 rings (SSSR count). The van der Waals surface area contributed by atoms with Crippen LogP contribution in [0.5, 0.6) is 0 Å². The molecule has 0 unspecified atom stereocenters. The van der Waals surface area contributed by atoms with E-state index < -0.39 is 17.0 Å². The van der Waals surface area contributed by atoms with E-state index in [1.54, 1.807) is 0 Å². The van der Waals surface area contributed by atoms with Crippen LogP contribution in [0.15, 0.2) is 0 Å². The number of nitrogens with one attached hydrogen (secondary N) is 1. The molecule has 1 amide bonds. The third-order valence-corrected chi connectivity index (χ3v) is 4.13. The van der Waals surface area contributed by atoms with E-state index in [1.165, 1.54) is 0 Å². The number of hydrogen-bond acceptors (Lipinski definition) is 3. The second-order valence-electron chi connectivity index (χ2n) is 5.52. The quantitative estimate of drug-likeness (QED) is 0.676. The minimum atomic E-state index is -0.855. The number of carbonyl (C=O) groups excluding carboxylic acids is 1. The van der Waals surface area contributed by atoms with E-state index in [0.717, 1.165) is 32.1 Å². The summed E-state index contributed by atoms with van der Waals surface area (Å²) in [5, 5.41) is 11.9. The van der Waals surface area contributed by atoms with Gasteiger partial charge in [-0.3, -0.25) is 9.59 Å². The highest BCUT2D eigenvalue weighted by Gasteiger charge is 2.45. The monoisotopic (exact) mass is 240 g/mol. The first kappa shape index (κ1) is 12.4. The summed E-state index contributed by atoms with van der Waals surface area (Å²) in [6, 6.07) is 0. The van der Waals surface area contributed by atoms with Gasteiger partial charge in [0.05, 0.1) is 17.5 Å². The van der Waals surface area contributed by atoms with Crippen molar-refractivity contribution in [2.24, 2.45) is 5.73 Å². The van der Waals surface area contributed by atoms with Crippen molar-refractivity contribution in [1.82, 2.24) is 5.32 Å². The maximum atomic E-state index is 12.1. The first-order valence-electron chi connectivity index (χ1n) is 6.29. The van der Waals surface area contributed by atoms with E-state index in [0.29, 0.717) is 12.8 Å². The number of carboxylic acids is 1. The topological polar surface area (TPSA) is 92.4 Å². The highest BCUT2D eigenvalue weighted by Crippen LogP contribution is 2.35. The normalized spacial score (nSPS) is 25.0. The molecule has 0 aromatic rings. The molecule has 0 aromatic heterocycles. The van der Waals surface area contributed by atoms with Gasteiger partial charge in [0.1, 0.15) is 0 Å². The summed E-state index contributed by atoms with van der Waals surface area (Å²) in [6.45, 7) is 0. The van der Waals surface area contributed by atoms with Gasteiger partial charge in [-0.05, 0) is 32.1 Å². The lowest BCUT2D eigenvalue weighted by atomic mass is 9.76. The van der Waals surface area contributed by atoms with Crippen molar-refractivity contribution < 1.29 is 14.7 Å². The van der Waals surface area contributed by atoms with E-state index >= 15 is 0 Å². The zero-order valence-electron chi connectivity index (χ0n) is 10.00. The Balaban J connectivity index is 2.02. The summed E-state index contributed by atoms with van der Waals surface area (Å²) >= 11 is 0. The van der Waals surface area contributed by atoms with Gasteiger partial charge >= 0.3 is 5.97 Å². The van der Waals surface area contributed by atoms with Crippen molar-refractivity contribution in [3.63, 3.8) is 0 Å². The van der Waals surface area contributed by atoms with Crippen LogP contribution in [0.25, 0.3) is 0 Å². The fraction of sp³-hybridized carbons (Fsp3) is 0.833. The number of carbonyl (C=O) groups is 2. The Morgan fingerprint density at radius 3 is 2.12 bits per heavy atom. The first-order valence-corrected chi connectivity index (χ1v) is 6.29. The van der Waals surface area contributed by atoms with E-state index in [-0.39, 0.29) is 12.3 Å². The molecule has 0 atom stereocenters. The molecule has 0 spiro atoms. The highest BCUT2D eigenvalue weighted by molar-refractivity contribution is 5.88. The van der Waals surface area contributed by atoms with Crippen LogP contribution in [-0.2, 0) is 9.59 Å². The molecule has 0 saturated heterocycles.